The summed E-state index contributed by atoms with van der Waals surface area (Å²) in [6.07, 6.45) is 0. The molecule has 8 heteroatoms. The minimum Gasteiger partial charge on any atom is -0.421 e. The molecule has 0 atom stereocenters. The number of anilines is 1. The predicted molar refractivity (Wildman–Crippen MR) is 112 cm³/mol. The van der Waals surface area contributed by atoms with Crippen molar-refractivity contribution in [1.82, 2.24) is 14.8 Å². The Labute approximate surface area is 177 Å². The number of hydrogen-bond acceptors (Lipinski definition) is 5. The highest BCUT2D eigenvalue weighted by molar-refractivity contribution is 6.04. The Morgan fingerprint density at radius 2 is 1.61 bits per heavy atom. The number of rotatable bonds is 5. The highest BCUT2D eigenvalue weighted by Gasteiger charge is 2.18. The zero-order valence-corrected chi connectivity index (χ0v) is 16.4. The quantitative estimate of drug-likeness (QED) is 0.390. The summed E-state index contributed by atoms with van der Waals surface area (Å²) in [4.78, 5) is 28.7. The van der Waals surface area contributed by atoms with E-state index in [0.29, 0.717) is 22.8 Å². The highest BCUT2D eigenvalue weighted by atomic mass is 19.1. The molecule has 0 spiro atoms. The van der Waals surface area contributed by atoms with Crippen LogP contribution in [-0.4, -0.2) is 26.6 Å². The summed E-state index contributed by atoms with van der Waals surface area (Å²) in [6.45, 7) is 1.68. The molecular formula is C23H17FN4O3. The Morgan fingerprint density at radius 1 is 0.935 bits per heavy atom. The zero-order chi connectivity index (χ0) is 21.8. The molecule has 1 N–H and O–H groups in total. The van der Waals surface area contributed by atoms with Gasteiger partial charge in [-0.2, -0.15) is 0 Å². The van der Waals surface area contributed by atoms with Crippen molar-refractivity contribution in [3.63, 3.8) is 0 Å². The van der Waals surface area contributed by atoms with Gasteiger partial charge in [-0.3, -0.25) is 4.79 Å². The van der Waals surface area contributed by atoms with Gasteiger partial charge in [0.15, 0.2) is 0 Å². The molecule has 0 saturated heterocycles. The van der Waals surface area contributed by atoms with Gasteiger partial charge >= 0.3 is 5.97 Å². The van der Waals surface area contributed by atoms with Crippen molar-refractivity contribution < 1.29 is 18.7 Å². The zero-order valence-electron chi connectivity index (χ0n) is 16.4. The van der Waals surface area contributed by atoms with Crippen LogP contribution in [0.25, 0.3) is 5.69 Å². The van der Waals surface area contributed by atoms with Gasteiger partial charge in [-0.05, 0) is 67.6 Å². The molecule has 0 fully saturated rings. The molecule has 154 valence electrons. The Balaban J connectivity index is 1.42. The van der Waals surface area contributed by atoms with E-state index < -0.39 is 5.97 Å². The normalized spacial score (nSPS) is 10.5. The number of aryl methyl sites for hydroxylation is 1. The molecule has 1 amide bonds. The average molecular weight is 416 g/mol. The van der Waals surface area contributed by atoms with Crippen molar-refractivity contribution in [2.24, 2.45) is 0 Å². The van der Waals surface area contributed by atoms with E-state index >= 15 is 0 Å². The summed E-state index contributed by atoms with van der Waals surface area (Å²) < 4.78 is 19.9. The maximum Gasteiger partial charge on any atom is 0.383 e. The topological polar surface area (TPSA) is 86.1 Å². The number of esters is 1. The Morgan fingerprint density at radius 3 is 2.29 bits per heavy atom. The van der Waals surface area contributed by atoms with Crippen LogP contribution in [0.3, 0.4) is 0 Å². The van der Waals surface area contributed by atoms with Gasteiger partial charge in [0.05, 0.1) is 5.69 Å². The number of carbonyl (C=O) groups excluding carboxylic acids is 2. The second-order valence-corrected chi connectivity index (χ2v) is 6.60. The molecule has 0 aliphatic carbocycles. The third kappa shape index (κ3) is 4.64. The van der Waals surface area contributed by atoms with Gasteiger partial charge in [0.2, 0.25) is 0 Å². The second-order valence-electron chi connectivity index (χ2n) is 6.60. The number of hydrogen-bond donors (Lipinski definition) is 1. The molecule has 4 aromatic rings. The fourth-order valence-electron chi connectivity index (χ4n) is 2.86. The summed E-state index contributed by atoms with van der Waals surface area (Å²) in [5, 5.41) is 6.92. The smallest absolute Gasteiger partial charge is 0.383 e. The summed E-state index contributed by atoms with van der Waals surface area (Å²) in [6, 6.07) is 20.9. The third-order valence-corrected chi connectivity index (χ3v) is 4.38. The molecular weight excluding hydrogens is 399 g/mol. The van der Waals surface area contributed by atoms with Gasteiger partial charge in [-0.1, -0.05) is 18.2 Å². The molecule has 3 aromatic carbocycles. The van der Waals surface area contributed by atoms with E-state index in [1.165, 1.54) is 28.9 Å². The molecule has 1 aromatic heterocycles. The van der Waals surface area contributed by atoms with Crippen molar-refractivity contribution in [1.29, 1.82) is 0 Å². The molecule has 1 heterocycles. The van der Waals surface area contributed by atoms with Crippen LogP contribution in [0.4, 0.5) is 10.1 Å². The van der Waals surface area contributed by atoms with Crippen molar-refractivity contribution in [2.75, 3.05) is 5.32 Å². The molecule has 0 unspecified atom stereocenters. The summed E-state index contributed by atoms with van der Waals surface area (Å²) in [5.41, 5.74) is 1.67. The lowest BCUT2D eigenvalue weighted by Gasteiger charge is -2.06. The molecule has 0 saturated carbocycles. The van der Waals surface area contributed by atoms with Crippen molar-refractivity contribution >= 4 is 17.6 Å². The van der Waals surface area contributed by atoms with E-state index in [1.807, 2.05) is 6.07 Å². The minimum absolute atomic E-state index is 0.122. The largest absolute Gasteiger partial charge is 0.421 e. The van der Waals surface area contributed by atoms with Crippen molar-refractivity contribution in [3.8, 4) is 11.4 Å². The van der Waals surface area contributed by atoms with Gasteiger partial charge < -0.3 is 10.1 Å². The molecule has 4 rings (SSSR count). The first-order valence-corrected chi connectivity index (χ1v) is 9.38. The van der Waals surface area contributed by atoms with Gasteiger partial charge in [0.25, 0.3) is 11.7 Å². The number of halogens is 1. The minimum atomic E-state index is -0.731. The third-order valence-electron chi connectivity index (χ3n) is 4.38. The first-order valence-electron chi connectivity index (χ1n) is 9.38. The molecule has 31 heavy (non-hydrogen) atoms. The molecule has 0 radical (unpaired) electrons. The van der Waals surface area contributed by atoms with Gasteiger partial charge in [0, 0.05) is 11.3 Å². The van der Waals surface area contributed by atoms with Gasteiger partial charge in [0.1, 0.15) is 17.4 Å². The Kier molecular flexibility index (Phi) is 5.53. The van der Waals surface area contributed by atoms with E-state index in [4.69, 9.17) is 4.74 Å². The standard InChI is InChI=1S/C23H17FN4O3/c1-15-25-21(27-28(15)19-11-7-17(24)8-12-19)23(30)31-20-13-9-18(10-14-20)26-22(29)16-5-3-2-4-6-16/h2-14H,1H3,(H,26,29). The van der Waals surface area contributed by atoms with Gasteiger partial charge in [-0.15, -0.1) is 5.10 Å². The molecule has 0 bridgehead atoms. The number of nitrogens with one attached hydrogen (secondary N) is 1. The van der Waals surface area contributed by atoms with Crippen LogP contribution in [0.15, 0.2) is 78.9 Å². The molecule has 0 aliphatic heterocycles. The molecule has 0 aliphatic rings. The number of nitrogens with zero attached hydrogens (tertiary/aromatic N) is 3. The van der Waals surface area contributed by atoms with Crippen LogP contribution < -0.4 is 10.1 Å². The number of carbonyl (C=O) groups is 2. The fourth-order valence-corrected chi connectivity index (χ4v) is 2.86. The maximum atomic E-state index is 13.1. The first kappa shape index (κ1) is 20.0. The Bertz CT molecular complexity index is 1220. The summed E-state index contributed by atoms with van der Waals surface area (Å²) in [7, 11) is 0. The predicted octanol–water partition coefficient (Wildman–Crippen LogP) is 4.19. The van der Waals surface area contributed by atoms with Crippen LogP contribution >= 0.6 is 0 Å². The molecule has 7 nitrogen and oxygen atoms in total. The van der Waals surface area contributed by atoms with Crippen LogP contribution in [0.5, 0.6) is 5.75 Å². The van der Waals surface area contributed by atoms with Crippen LogP contribution in [0, 0.1) is 12.7 Å². The highest BCUT2D eigenvalue weighted by Crippen LogP contribution is 2.18. The summed E-state index contributed by atoms with van der Waals surface area (Å²) >= 11 is 0. The second kappa shape index (κ2) is 8.58. The van der Waals surface area contributed by atoms with E-state index in [9.17, 15) is 14.0 Å². The van der Waals surface area contributed by atoms with E-state index in [2.05, 4.69) is 15.4 Å². The summed E-state index contributed by atoms with van der Waals surface area (Å²) in [5.74, 6) is -0.731. The van der Waals surface area contributed by atoms with Crippen LogP contribution in [0.1, 0.15) is 26.8 Å². The number of aromatic nitrogens is 3. The number of ether oxygens (including phenoxy) is 1. The number of benzene rings is 3. The van der Waals surface area contributed by atoms with Crippen LogP contribution in [-0.2, 0) is 0 Å². The lowest BCUT2D eigenvalue weighted by Crippen LogP contribution is -2.12. The maximum absolute atomic E-state index is 13.1. The average Bonchev–Trinajstić information content (AvgIpc) is 3.18. The van der Waals surface area contributed by atoms with E-state index in [1.54, 1.807) is 55.5 Å². The Hall–Kier alpha value is -4.33. The van der Waals surface area contributed by atoms with E-state index in [-0.39, 0.29) is 23.3 Å². The van der Waals surface area contributed by atoms with Gasteiger partial charge in [-0.25, -0.2) is 18.9 Å². The van der Waals surface area contributed by atoms with E-state index in [0.717, 1.165) is 0 Å². The van der Waals surface area contributed by atoms with Crippen molar-refractivity contribution in [2.45, 2.75) is 6.92 Å². The van der Waals surface area contributed by atoms with Crippen LogP contribution in [0.2, 0.25) is 0 Å². The number of amides is 1. The lowest BCUT2D eigenvalue weighted by molar-refractivity contribution is 0.0721. The fraction of sp³-hybridized carbons (Fsp3) is 0.0435. The lowest BCUT2D eigenvalue weighted by atomic mass is 10.2. The SMILES string of the molecule is Cc1nc(C(=O)Oc2ccc(NC(=O)c3ccccc3)cc2)nn1-c1ccc(F)cc1. The van der Waals surface area contributed by atoms with Crippen molar-refractivity contribution in [3.05, 3.63) is 102 Å². The first-order chi connectivity index (χ1) is 15.0. The monoisotopic (exact) mass is 416 g/mol.